The molecule has 0 aromatic heterocycles. The molecule has 3 heteroatoms. The third-order valence-electron chi connectivity index (χ3n) is 2.05. The molecule has 3 nitrogen and oxygen atoms in total. The van der Waals surface area contributed by atoms with Crippen LogP contribution in [0.2, 0.25) is 0 Å². The summed E-state index contributed by atoms with van der Waals surface area (Å²) < 4.78 is 4.56. The van der Waals surface area contributed by atoms with Crippen molar-refractivity contribution in [3.8, 4) is 0 Å². The van der Waals surface area contributed by atoms with Gasteiger partial charge in [-0.3, -0.25) is 4.79 Å². The fraction of sp³-hybridized carbons (Fsp3) is 0.400. The monoisotopic (exact) mass is 180 g/mol. The van der Waals surface area contributed by atoms with Crippen LogP contribution in [0.1, 0.15) is 19.8 Å². The number of esters is 1. The normalized spacial score (nSPS) is 15.8. The summed E-state index contributed by atoms with van der Waals surface area (Å²) in [6, 6.07) is 0. The molecule has 70 valence electrons. The Kier molecular flexibility index (Phi) is 3.01. The quantitative estimate of drug-likeness (QED) is 0.603. The maximum absolute atomic E-state index is 11.0. The first-order chi connectivity index (χ1) is 6.15. The van der Waals surface area contributed by atoms with E-state index in [1.807, 2.05) is 0 Å². The molecule has 0 fully saturated rings. The summed E-state index contributed by atoms with van der Waals surface area (Å²) in [6.45, 7) is 1.53. The van der Waals surface area contributed by atoms with E-state index >= 15 is 0 Å². The van der Waals surface area contributed by atoms with Crippen molar-refractivity contribution < 1.29 is 14.3 Å². The molecule has 0 spiro atoms. The molecule has 0 atom stereocenters. The standard InChI is InChI=1S/C10H12O3/c1-7(11)8-3-5-9(6-4-8)10(12)13-2/h3,5H,4,6H2,1-2H3. The summed E-state index contributed by atoms with van der Waals surface area (Å²) in [4.78, 5) is 22.0. The first-order valence-electron chi connectivity index (χ1n) is 4.14. The highest BCUT2D eigenvalue weighted by Crippen LogP contribution is 2.19. The van der Waals surface area contributed by atoms with Crippen molar-refractivity contribution >= 4 is 11.8 Å². The number of rotatable bonds is 2. The minimum Gasteiger partial charge on any atom is -0.466 e. The SMILES string of the molecule is COC(=O)C1=CC=C(C(C)=O)CC1. The molecule has 1 rings (SSSR count). The first-order valence-corrected chi connectivity index (χ1v) is 4.14. The third-order valence-corrected chi connectivity index (χ3v) is 2.05. The molecule has 1 aliphatic carbocycles. The molecule has 0 saturated carbocycles. The van der Waals surface area contributed by atoms with Gasteiger partial charge in [0.25, 0.3) is 0 Å². The van der Waals surface area contributed by atoms with Crippen molar-refractivity contribution in [3.63, 3.8) is 0 Å². The summed E-state index contributed by atoms with van der Waals surface area (Å²) in [5, 5.41) is 0. The summed E-state index contributed by atoms with van der Waals surface area (Å²) >= 11 is 0. The number of allylic oxidation sites excluding steroid dienone is 3. The molecule has 0 N–H and O–H groups in total. The minimum atomic E-state index is -0.307. The second-order valence-electron chi connectivity index (χ2n) is 2.93. The molecule has 0 unspecified atom stereocenters. The van der Waals surface area contributed by atoms with Crippen LogP contribution in [0.25, 0.3) is 0 Å². The van der Waals surface area contributed by atoms with Crippen molar-refractivity contribution in [3.05, 3.63) is 23.3 Å². The average Bonchev–Trinajstić information content (AvgIpc) is 2.17. The van der Waals surface area contributed by atoms with E-state index in [1.54, 1.807) is 12.2 Å². The summed E-state index contributed by atoms with van der Waals surface area (Å²) in [5.74, 6) is -0.237. The molecule has 0 aromatic carbocycles. The van der Waals surface area contributed by atoms with Gasteiger partial charge in [-0.2, -0.15) is 0 Å². The van der Waals surface area contributed by atoms with Gasteiger partial charge >= 0.3 is 5.97 Å². The van der Waals surface area contributed by atoms with E-state index in [4.69, 9.17) is 0 Å². The zero-order valence-electron chi connectivity index (χ0n) is 7.79. The summed E-state index contributed by atoms with van der Waals surface area (Å²) in [6.07, 6.45) is 4.58. The Balaban J connectivity index is 2.76. The smallest absolute Gasteiger partial charge is 0.333 e. The average molecular weight is 180 g/mol. The highest BCUT2D eigenvalue weighted by atomic mass is 16.5. The Bertz CT molecular complexity index is 297. The highest BCUT2D eigenvalue weighted by molar-refractivity contribution is 5.96. The topological polar surface area (TPSA) is 43.4 Å². The van der Waals surface area contributed by atoms with E-state index in [0.29, 0.717) is 18.4 Å². The number of hydrogen-bond donors (Lipinski definition) is 0. The fourth-order valence-electron chi connectivity index (χ4n) is 1.23. The van der Waals surface area contributed by atoms with Crippen LogP contribution in [0.4, 0.5) is 0 Å². The van der Waals surface area contributed by atoms with Crippen LogP contribution < -0.4 is 0 Å². The van der Waals surface area contributed by atoms with E-state index in [-0.39, 0.29) is 11.8 Å². The number of hydrogen-bond acceptors (Lipinski definition) is 3. The highest BCUT2D eigenvalue weighted by Gasteiger charge is 2.15. The van der Waals surface area contributed by atoms with Gasteiger partial charge in [0.2, 0.25) is 0 Å². The Morgan fingerprint density at radius 1 is 1.23 bits per heavy atom. The number of ether oxygens (including phenoxy) is 1. The minimum absolute atomic E-state index is 0.0696. The van der Waals surface area contributed by atoms with E-state index in [2.05, 4.69) is 4.74 Å². The van der Waals surface area contributed by atoms with Gasteiger partial charge in [0.1, 0.15) is 0 Å². The molecule has 0 aromatic rings. The van der Waals surface area contributed by atoms with Gasteiger partial charge in [0, 0.05) is 5.57 Å². The Hall–Kier alpha value is -1.38. The van der Waals surface area contributed by atoms with E-state index in [1.165, 1.54) is 14.0 Å². The summed E-state index contributed by atoms with van der Waals surface area (Å²) in [5.41, 5.74) is 1.40. The Morgan fingerprint density at radius 2 is 1.77 bits per heavy atom. The van der Waals surface area contributed by atoms with Crippen molar-refractivity contribution in [2.24, 2.45) is 0 Å². The molecule has 1 aliphatic rings. The largest absolute Gasteiger partial charge is 0.466 e. The van der Waals surface area contributed by atoms with Crippen molar-refractivity contribution in [1.29, 1.82) is 0 Å². The number of methoxy groups -OCH3 is 1. The van der Waals surface area contributed by atoms with Crippen molar-refractivity contribution in [2.45, 2.75) is 19.8 Å². The van der Waals surface area contributed by atoms with Crippen LogP contribution in [0.5, 0.6) is 0 Å². The number of carbonyl (C=O) groups excluding carboxylic acids is 2. The van der Waals surface area contributed by atoms with Crippen LogP contribution in [-0.2, 0) is 14.3 Å². The number of Topliss-reactive ketones (excluding diaryl/α,β-unsaturated/α-hetero) is 1. The van der Waals surface area contributed by atoms with Gasteiger partial charge in [-0.25, -0.2) is 4.79 Å². The fourth-order valence-corrected chi connectivity index (χ4v) is 1.23. The molecule has 0 radical (unpaired) electrons. The lowest BCUT2D eigenvalue weighted by atomic mass is 9.96. The van der Waals surface area contributed by atoms with E-state index < -0.39 is 0 Å². The molecule has 0 aliphatic heterocycles. The molecular formula is C10H12O3. The van der Waals surface area contributed by atoms with Crippen LogP contribution >= 0.6 is 0 Å². The van der Waals surface area contributed by atoms with Crippen LogP contribution in [0.15, 0.2) is 23.3 Å². The van der Waals surface area contributed by atoms with E-state index in [0.717, 1.165) is 5.57 Å². The second kappa shape index (κ2) is 4.03. The van der Waals surface area contributed by atoms with Crippen LogP contribution in [0, 0.1) is 0 Å². The van der Waals surface area contributed by atoms with Crippen molar-refractivity contribution in [1.82, 2.24) is 0 Å². The van der Waals surface area contributed by atoms with Crippen LogP contribution in [0.3, 0.4) is 0 Å². The van der Waals surface area contributed by atoms with Gasteiger partial charge < -0.3 is 4.74 Å². The molecule has 0 heterocycles. The maximum Gasteiger partial charge on any atom is 0.333 e. The number of carbonyl (C=O) groups is 2. The van der Waals surface area contributed by atoms with Gasteiger partial charge in [0.05, 0.1) is 7.11 Å². The van der Waals surface area contributed by atoms with Crippen LogP contribution in [-0.4, -0.2) is 18.9 Å². The molecule has 0 saturated heterocycles. The molecular weight excluding hydrogens is 168 g/mol. The Morgan fingerprint density at radius 3 is 2.15 bits per heavy atom. The van der Waals surface area contributed by atoms with Gasteiger partial charge in [-0.15, -0.1) is 0 Å². The second-order valence-corrected chi connectivity index (χ2v) is 2.93. The first kappa shape index (κ1) is 9.71. The zero-order chi connectivity index (χ0) is 9.84. The summed E-state index contributed by atoms with van der Waals surface area (Å²) in [7, 11) is 1.35. The Labute approximate surface area is 77.1 Å². The molecule has 0 amide bonds. The number of ketones is 1. The zero-order valence-corrected chi connectivity index (χ0v) is 7.79. The predicted octanol–water partition coefficient (Wildman–Crippen LogP) is 1.39. The van der Waals surface area contributed by atoms with E-state index in [9.17, 15) is 9.59 Å². The lowest BCUT2D eigenvalue weighted by Gasteiger charge is -2.10. The molecule has 13 heavy (non-hydrogen) atoms. The van der Waals surface area contributed by atoms with Crippen molar-refractivity contribution in [2.75, 3.05) is 7.11 Å². The predicted molar refractivity (Wildman–Crippen MR) is 48.1 cm³/mol. The lowest BCUT2D eigenvalue weighted by molar-refractivity contribution is -0.136. The maximum atomic E-state index is 11.0. The van der Waals surface area contributed by atoms with Gasteiger partial charge in [0.15, 0.2) is 5.78 Å². The lowest BCUT2D eigenvalue weighted by Crippen LogP contribution is -2.09. The van der Waals surface area contributed by atoms with Gasteiger partial charge in [-0.05, 0) is 25.3 Å². The molecule has 0 bridgehead atoms. The third kappa shape index (κ3) is 2.28. The van der Waals surface area contributed by atoms with Gasteiger partial charge in [-0.1, -0.05) is 12.2 Å².